The lowest BCUT2D eigenvalue weighted by Gasteiger charge is -1.98. The number of ketones is 1. The minimum Gasteiger partial charge on any atom is -0.294 e. The fourth-order valence-electron chi connectivity index (χ4n) is 0.732. The van der Waals surface area contributed by atoms with Crippen LogP contribution in [0.4, 0.5) is 0 Å². The Hall–Kier alpha value is -0.560. The van der Waals surface area contributed by atoms with Gasteiger partial charge in [-0.15, -0.1) is 0 Å². The van der Waals surface area contributed by atoms with Crippen molar-refractivity contribution in [3.63, 3.8) is 0 Å². The molecule has 0 aliphatic rings. The van der Waals surface area contributed by atoms with Crippen LogP contribution < -0.4 is 0 Å². The maximum absolute atomic E-state index is 10.9. The van der Waals surface area contributed by atoms with E-state index in [4.69, 9.17) is 11.6 Å². The van der Waals surface area contributed by atoms with E-state index in [1.165, 1.54) is 6.92 Å². The lowest BCUT2D eigenvalue weighted by Crippen LogP contribution is -1.94. The van der Waals surface area contributed by atoms with Crippen molar-refractivity contribution in [2.45, 2.75) is 27.7 Å². The molecule has 0 radical (unpaired) electrons. The zero-order chi connectivity index (χ0) is 9.02. The van der Waals surface area contributed by atoms with Crippen LogP contribution in [0.2, 0.25) is 0 Å². The van der Waals surface area contributed by atoms with E-state index in [1.807, 2.05) is 13.8 Å². The van der Waals surface area contributed by atoms with Gasteiger partial charge in [-0.3, -0.25) is 4.79 Å². The van der Waals surface area contributed by atoms with Crippen LogP contribution in [0.3, 0.4) is 0 Å². The summed E-state index contributed by atoms with van der Waals surface area (Å²) in [6.45, 7) is 7.10. The lowest BCUT2D eigenvalue weighted by atomic mass is 10.1. The fraction of sp³-hybridized carbons (Fsp3) is 0.444. The molecule has 0 aromatic rings. The molecule has 0 saturated carbocycles. The van der Waals surface area contributed by atoms with Crippen molar-refractivity contribution in [2.24, 2.45) is 0 Å². The van der Waals surface area contributed by atoms with Crippen LogP contribution in [0.5, 0.6) is 0 Å². The molecule has 0 aliphatic carbocycles. The second-order valence-electron chi connectivity index (χ2n) is 2.73. The second kappa shape index (κ2) is 4.35. The van der Waals surface area contributed by atoms with Crippen molar-refractivity contribution in [1.29, 1.82) is 0 Å². The van der Waals surface area contributed by atoms with Crippen molar-refractivity contribution < 1.29 is 4.79 Å². The van der Waals surface area contributed by atoms with Crippen LogP contribution in [-0.2, 0) is 4.79 Å². The van der Waals surface area contributed by atoms with E-state index in [1.54, 1.807) is 13.0 Å². The summed E-state index contributed by atoms with van der Waals surface area (Å²) in [6.07, 6.45) is 1.80. The third-order valence-corrected chi connectivity index (χ3v) is 1.39. The molecule has 2 heteroatoms. The Morgan fingerprint density at radius 2 is 1.64 bits per heavy atom. The molecule has 1 nitrogen and oxygen atoms in total. The first-order valence-corrected chi connectivity index (χ1v) is 3.85. The number of rotatable bonds is 2. The minimum absolute atomic E-state index is 0.0127. The Morgan fingerprint density at radius 3 is 1.73 bits per heavy atom. The first kappa shape index (κ1) is 10.4. The Morgan fingerprint density at radius 1 is 1.18 bits per heavy atom. The minimum atomic E-state index is 0.0127. The summed E-state index contributed by atoms with van der Waals surface area (Å²) < 4.78 is 0. The molecular weight excluding hydrogens is 160 g/mol. The molecule has 0 bridgehead atoms. The predicted molar refractivity (Wildman–Crippen MR) is 48.7 cm³/mol. The Kier molecular flexibility index (Phi) is 4.12. The van der Waals surface area contributed by atoms with E-state index in [0.29, 0.717) is 10.6 Å². The highest BCUT2D eigenvalue weighted by Gasteiger charge is 2.02. The summed E-state index contributed by atoms with van der Waals surface area (Å²) in [4.78, 5) is 10.9. The maximum atomic E-state index is 10.9. The van der Waals surface area contributed by atoms with Crippen LogP contribution in [0.1, 0.15) is 27.7 Å². The Balaban J connectivity index is 4.81. The van der Waals surface area contributed by atoms with Crippen LogP contribution >= 0.6 is 11.6 Å². The SMILES string of the molecule is CC(=O)/C(C=C(C)C)=C(/C)Cl. The van der Waals surface area contributed by atoms with Gasteiger partial charge in [-0.05, 0) is 27.7 Å². The van der Waals surface area contributed by atoms with E-state index >= 15 is 0 Å². The number of hydrogen-bond acceptors (Lipinski definition) is 1. The third-order valence-electron chi connectivity index (χ3n) is 1.18. The molecule has 0 unspecified atom stereocenters. The largest absolute Gasteiger partial charge is 0.294 e. The summed E-state index contributed by atoms with van der Waals surface area (Å²) in [6, 6.07) is 0. The number of Topliss-reactive ketones (excluding diaryl/α,β-unsaturated/α-hetero) is 1. The quantitative estimate of drug-likeness (QED) is 0.462. The molecule has 0 amide bonds. The second-order valence-corrected chi connectivity index (χ2v) is 3.29. The normalized spacial score (nSPS) is 12.1. The number of allylic oxidation sites excluding steroid dienone is 4. The van der Waals surface area contributed by atoms with E-state index < -0.39 is 0 Å². The average molecular weight is 173 g/mol. The van der Waals surface area contributed by atoms with Crippen LogP contribution in [-0.4, -0.2) is 5.78 Å². The highest BCUT2D eigenvalue weighted by molar-refractivity contribution is 6.31. The van der Waals surface area contributed by atoms with Crippen molar-refractivity contribution in [1.82, 2.24) is 0 Å². The average Bonchev–Trinajstić information content (AvgIpc) is 1.81. The van der Waals surface area contributed by atoms with E-state index in [-0.39, 0.29) is 5.78 Å². The number of carbonyl (C=O) groups excluding carboxylic acids is 1. The highest BCUT2D eigenvalue weighted by atomic mass is 35.5. The molecule has 0 N–H and O–H groups in total. The molecule has 0 aliphatic heterocycles. The predicted octanol–water partition coefficient (Wildman–Crippen LogP) is 3.05. The molecule has 0 aromatic carbocycles. The molecule has 0 heterocycles. The summed E-state index contributed by atoms with van der Waals surface area (Å²) in [5, 5.41) is 0.554. The first-order chi connectivity index (χ1) is 4.95. The Bertz CT molecular complexity index is 216. The summed E-state index contributed by atoms with van der Waals surface area (Å²) in [7, 11) is 0. The monoisotopic (exact) mass is 172 g/mol. The van der Waals surface area contributed by atoms with Crippen molar-refractivity contribution in [2.75, 3.05) is 0 Å². The molecule has 0 aromatic heterocycles. The molecule has 62 valence electrons. The standard InChI is InChI=1S/C9H13ClO/c1-6(2)5-9(7(3)10)8(4)11/h5H,1-4H3/b9-7-. The van der Waals surface area contributed by atoms with Crippen molar-refractivity contribution in [3.8, 4) is 0 Å². The van der Waals surface area contributed by atoms with Gasteiger partial charge >= 0.3 is 0 Å². The first-order valence-electron chi connectivity index (χ1n) is 3.47. The third kappa shape index (κ3) is 3.99. The van der Waals surface area contributed by atoms with Gasteiger partial charge in [0.05, 0.1) is 0 Å². The van der Waals surface area contributed by atoms with Gasteiger partial charge < -0.3 is 0 Å². The number of hydrogen-bond donors (Lipinski definition) is 0. The number of carbonyl (C=O) groups is 1. The van der Waals surface area contributed by atoms with Gasteiger partial charge in [0.2, 0.25) is 0 Å². The van der Waals surface area contributed by atoms with Gasteiger partial charge in [0.15, 0.2) is 5.78 Å². The van der Waals surface area contributed by atoms with Gasteiger partial charge in [0, 0.05) is 10.6 Å². The summed E-state index contributed by atoms with van der Waals surface area (Å²) >= 11 is 5.70. The topological polar surface area (TPSA) is 17.1 Å². The van der Waals surface area contributed by atoms with E-state index in [9.17, 15) is 4.79 Å². The molecule has 0 spiro atoms. The van der Waals surface area contributed by atoms with E-state index in [2.05, 4.69) is 0 Å². The summed E-state index contributed by atoms with van der Waals surface area (Å²) in [5.41, 5.74) is 1.68. The van der Waals surface area contributed by atoms with Gasteiger partial charge in [-0.2, -0.15) is 0 Å². The smallest absolute Gasteiger partial charge is 0.160 e. The van der Waals surface area contributed by atoms with Gasteiger partial charge in [0.1, 0.15) is 0 Å². The fourth-order valence-corrected chi connectivity index (χ4v) is 0.920. The molecule has 11 heavy (non-hydrogen) atoms. The highest BCUT2D eigenvalue weighted by Crippen LogP contribution is 2.12. The van der Waals surface area contributed by atoms with Crippen LogP contribution in [0, 0.1) is 0 Å². The van der Waals surface area contributed by atoms with Crippen LogP contribution in [0.25, 0.3) is 0 Å². The van der Waals surface area contributed by atoms with Crippen LogP contribution in [0.15, 0.2) is 22.3 Å². The Labute approximate surface area is 72.7 Å². The molecule has 0 fully saturated rings. The zero-order valence-electron chi connectivity index (χ0n) is 7.36. The maximum Gasteiger partial charge on any atom is 0.160 e. The van der Waals surface area contributed by atoms with Gasteiger partial charge in [-0.1, -0.05) is 23.3 Å². The molecule has 0 saturated heterocycles. The molecule has 0 rings (SSSR count). The number of halogens is 1. The van der Waals surface area contributed by atoms with Gasteiger partial charge in [0.25, 0.3) is 0 Å². The molecular formula is C9H13ClO. The van der Waals surface area contributed by atoms with E-state index in [0.717, 1.165) is 5.57 Å². The summed E-state index contributed by atoms with van der Waals surface area (Å²) in [5.74, 6) is 0.0127. The van der Waals surface area contributed by atoms with Gasteiger partial charge in [-0.25, -0.2) is 0 Å². The molecule has 0 atom stereocenters. The van der Waals surface area contributed by atoms with Crippen molar-refractivity contribution >= 4 is 17.4 Å². The zero-order valence-corrected chi connectivity index (χ0v) is 8.12. The van der Waals surface area contributed by atoms with Crippen molar-refractivity contribution in [3.05, 3.63) is 22.3 Å². The lowest BCUT2D eigenvalue weighted by molar-refractivity contribution is -0.113.